The molecule has 5 nitrogen and oxygen atoms in total. The molecule has 29 heavy (non-hydrogen) atoms. The van der Waals surface area contributed by atoms with Crippen LogP contribution < -0.4 is 5.32 Å². The zero-order chi connectivity index (χ0) is 21.3. The summed E-state index contributed by atoms with van der Waals surface area (Å²) in [6.07, 6.45) is 12.6. The highest BCUT2D eigenvalue weighted by Gasteiger charge is 2.29. The Morgan fingerprint density at radius 2 is 1.59 bits per heavy atom. The third kappa shape index (κ3) is 7.58. The van der Waals surface area contributed by atoms with E-state index < -0.39 is 10.0 Å². The van der Waals surface area contributed by atoms with Gasteiger partial charge in [0.15, 0.2) is 0 Å². The Morgan fingerprint density at radius 3 is 2.14 bits per heavy atom. The first-order chi connectivity index (χ1) is 13.8. The van der Waals surface area contributed by atoms with E-state index in [1.807, 2.05) is 0 Å². The van der Waals surface area contributed by atoms with E-state index in [1.165, 1.54) is 56.2 Å². The molecule has 1 aliphatic heterocycles. The quantitative estimate of drug-likeness (QED) is 0.665. The predicted octanol–water partition coefficient (Wildman–Crippen LogP) is 5.06. The van der Waals surface area contributed by atoms with Gasteiger partial charge in [-0.1, -0.05) is 62.6 Å². The van der Waals surface area contributed by atoms with Crippen molar-refractivity contribution in [3.05, 3.63) is 28.8 Å². The molecule has 7 heteroatoms. The average Bonchev–Trinajstić information content (AvgIpc) is 3.10. The normalized spacial score (nSPS) is 21.3. The number of carbonyl (C=O) groups is 1. The van der Waals surface area contributed by atoms with Crippen LogP contribution in [0.1, 0.15) is 76.7 Å². The SMILES string of the molecule is C1CCCCCC1.CC(=O)N[C@H]1CCCN(S(=O)(=O)c2cccc(Cl)c2C)CC1. The van der Waals surface area contributed by atoms with E-state index in [0.29, 0.717) is 30.1 Å². The zero-order valence-corrected chi connectivity index (χ0v) is 19.3. The van der Waals surface area contributed by atoms with Crippen molar-refractivity contribution in [1.29, 1.82) is 0 Å². The van der Waals surface area contributed by atoms with Gasteiger partial charge in [0.25, 0.3) is 0 Å². The number of hydrogen-bond donors (Lipinski definition) is 1. The van der Waals surface area contributed by atoms with Gasteiger partial charge in [-0.15, -0.1) is 0 Å². The number of benzene rings is 1. The smallest absolute Gasteiger partial charge is 0.243 e. The molecular formula is C22H35ClN2O3S. The number of sulfonamides is 1. The summed E-state index contributed by atoms with van der Waals surface area (Å²) in [7, 11) is -3.55. The second-order valence-electron chi connectivity index (χ2n) is 8.07. The van der Waals surface area contributed by atoms with Gasteiger partial charge in [-0.3, -0.25) is 4.79 Å². The molecular weight excluding hydrogens is 408 g/mol. The van der Waals surface area contributed by atoms with E-state index in [-0.39, 0.29) is 16.8 Å². The molecule has 2 aliphatic rings. The molecule has 1 aliphatic carbocycles. The molecule has 2 fully saturated rings. The number of nitrogens with one attached hydrogen (secondary N) is 1. The molecule has 0 aromatic heterocycles. The summed E-state index contributed by atoms with van der Waals surface area (Å²) < 4.78 is 27.1. The van der Waals surface area contributed by atoms with Crippen LogP contribution in [0.25, 0.3) is 0 Å². The van der Waals surface area contributed by atoms with Crippen LogP contribution in [0, 0.1) is 6.92 Å². The van der Waals surface area contributed by atoms with Gasteiger partial charge < -0.3 is 5.32 Å². The minimum atomic E-state index is -3.55. The minimum Gasteiger partial charge on any atom is -0.354 e. The van der Waals surface area contributed by atoms with Crippen molar-refractivity contribution in [2.24, 2.45) is 0 Å². The summed E-state index contributed by atoms with van der Waals surface area (Å²) in [6, 6.07) is 4.97. The van der Waals surface area contributed by atoms with Crippen molar-refractivity contribution in [1.82, 2.24) is 9.62 Å². The molecule has 1 aromatic carbocycles. The highest BCUT2D eigenvalue weighted by molar-refractivity contribution is 7.89. The number of amides is 1. The van der Waals surface area contributed by atoms with Gasteiger partial charge in [0.2, 0.25) is 15.9 Å². The third-order valence-corrected chi connectivity index (χ3v) is 8.13. The van der Waals surface area contributed by atoms with Crippen LogP contribution in [0.3, 0.4) is 0 Å². The maximum absolute atomic E-state index is 12.8. The highest BCUT2D eigenvalue weighted by atomic mass is 35.5. The Kier molecular flexibility index (Phi) is 9.93. The minimum absolute atomic E-state index is 0.0400. The van der Waals surface area contributed by atoms with Gasteiger partial charge >= 0.3 is 0 Å². The molecule has 3 rings (SSSR count). The van der Waals surface area contributed by atoms with Crippen LogP contribution in [0.2, 0.25) is 5.02 Å². The fourth-order valence-electron chi connectivity index (χ4n) is 3.99. The largest absolute Gasteiger partial charge is 0.354 e. The molecule has 1 aromatic rings. The third-order valence-electron chi connectivity index (χ3n) is 5.68. The fourth-order valence-corrected chi connectivity index (χ4v) is 5.96. The Bertz CT molecular complexity index is 748. The van der Waals surface area contributed by atoms with Crippen LogP contribution >= 0.6 is 11.6 Å². The average molecular weight is 443 g/mol. The van der Waals surface area contributed by atoms with Crippen molar-refractivity contribution >= 4 is 27.5 Å². The topological polar surface area (TPSA) is 66.5 Å². The van der Waals surface area contributed by atoms with Crippen molar-refractivity contribution in [2.45, 2.75) is 89.0 Å². The first kappa shape index (κ1) is 24.2. The van der Waals surface area contributed by atoms with E-state index in [4.69, 9.17) is 11.6 Å². The second-order valence-corrected chi connectivity index (χ2v) is 10.4. The number of rotatable bonds is 3. The van der Waals surface area contributed by atoms with Gasteiger partial charge in [0, 0.05) is 31.1 Å². The maximum Gasteiger partial charge on any atom is 0.243 e. The van der Waals surface area contributed by atoms with Crippen LogP contribution in [0.4, 0.5) is 0 Å². The van der Waals surface area contributed by atoms with Gasteiger partial charge in [0.05, 0.1) is 4.90 Å². The van der Waals surface area contributed by atoms with E-state index >= 15 is 0 Å². The summed E-state index contributed by atoms with van der Waals surface area (Å²) in [5.74, 6) is -0.0769. The van der Waals surface area contributed by atoms with E-state index in [2.05, 4.69) is 5.32 Å². The Hall–Kier alpha value is -1.11. The lowest BCUT2D eigenvalue weighted by Gasteiger charge is -2.21. The van der Waals surface area contributed by atoms with Gasteiger partial charge in [0.1, 0.15) is 0 Å². The molecule has 1 saturated heterocycles. The summed E-state index contributed by atoms with van der Waals surface area (Å²) in [5, 5.41) is 3.32. The zero-order valence-electron chi connectivity index (χ0n) is 17.8. The lowest BCUT2D eigenvalue weighted by molar-refractivity contribution is -0.119. The molecule has 1 saturated carbocycles. The summed E-state index contributed by atoms with van der Waals surface area (Å²) in [5.41, 5.74) is 0.576. The van der Waals surface area contributed by atoms with E-state index in [0.717, 1.165) is 12.8 Å². The second kappa shape index (κ2) is 11.9. The van der Waals surface area contributed by atoms with Crippen molar-refractivity contribution in [3.63, 3.8) is 0 Å². The van der Waals surface area contributed by atoms with Crippen molar-refractivity contribution in [3.8, 4) is 0 Å². The van der Waals surface area contributed by atoms with Crippen molar-refractivity contribution < 1.29 is 13.2 Å². The van der Waals surface area contributed by atoms with Crippen molar-refractivity contribution in [2.75, 3.05) is 13.1 Å². The summed E-state index contributed by atoms with van der Waals surface area (Å²) >= 11 is 6.04. The monoisotopic (exact) mass is 442 g/mol. The van der Waals surface area contributed by atoms with Gasteiger partial charge in [-0.05, 0) is 43.9 Å². The van der Waals surface area contributed by atoms with E-state index in [9.17, 15) is 13.2 Å². The Labute approximate surface area is 181 Å². The first-order valence-corrected chi connectivity index (χ1v) is 12.7. The summed E-state index contributed by atoms with van der Waals surface area (Å²) in [4.78, 5) is 11.4. The van der Waals surface area contributed by atoms with Gasteiger partial charge in [-0.25, -0.2) is 8.42 Å². The van der Waals surface area contributed by atoms with E-state index in [1.54, 1.807) is 25.1 Å². The first-order valence-electron chi connectivity index (χ1n) is 10.8. The lowest BCUT2D eigenvalue weighted by Crippen LogP contribution is -2.35. The van der Waals surface area contributed by atoms with Crippen LogP contribution in [0.15, 0.2) is 23.1 Å². The molecule has 1 heterocycles. The maximum atomic E-state index is 12.8. The highest BCUT2D eigenvalue weighted by Crippen LogP contribution is 2.27. The van der Waals surface area contributed by atoms with Crippen LogP contribution in [-0.2, 0) is 14.8 Å². The molecule has 164 valence electrons. The molecule has 0 spiro atoms. The molecule has 1 N–H and O–H groups in total. The molecule has 0 radical (unpaired) electrons. The summed E-state index contributed by atoms with van der Waals surface area (Å²) in [6.45, 7) is 4.06. The Balaban J connectivity index is 0.000000360. The molecule has 0 bridgehead atoms. The van der Waals surface area contributed by atoms with Gasteiger partial charge in [-0.2, -0.15) is 4.31 Å². The predicted molar refractivity (Wildman–Crippen MR) is 119 cm³/mol. The molecule has 0 unspecified atom stereocenters. The standard InChI is InChI=1S/C15H21ClN2O3S.C7H14/c1-11-14(16)6-3-7-15(11)22(20,21)18-9-4-5-13(8-10-18)17-12(2)19;1-2-4-6-7-5-3-1/h3,6-7,13H,4-5,8-10H2,1-2H3,(H,17,19);1-7H2/t13-;/m0./s1. The number of halogens is 1. The lowest BCUT2D eigenvalue weighted by atomic mass is 10.1. The molecule has 1 atom stereocenters. The Morgan fingerprint density at radius 1 is 1.00 bits per heavy atom. The number of carbonyl (C=O) groups excluding carboxylic acids is 1. The number of nitrogens with zero attached hydrogens (tertiary/aromatic N) is 1. The van der Waals surface area contributed by atoms with Crippen LogP contribution in [0.5, 0.6) is 0 Å². The van der Waals surface area contributed by atoms with Crippen LogP contribution in [-0.4, -0.2) is 37.8 Å². The number of hydrogen-bond acceptors (Lipinski definition) is 3. The molecule has 1 amide bonds. The fraction of sp³-hybridized carbons (Fsp3) is 0.682.